The normalized spacial score (nSPS) is 9.95. The second-order valence-electron chi connectivity index (χ2n) is 4.13. The molecule has 0 atom stereocenters. The maximum absolute atomic E-state index is 13.0. The van der Waals surface area contributed by atoms with E-state index >= 15 is 0 Å². The van der Waals surface area contributed by atoms with Crippen molar-refractivity contribution in [3.63, 3.8) is 0 Å². The molecule has 0 saturated heterocycles. The van der Waals surface area contributed by atoms with Crippen LogP contribution in [0, 0.1) is 5.82 Å². The van der Waals surface area contributed by atoms with Gasteiger partial charge in [0.25, 0.3) is 0 Å². The average molecular weight is 290 g/mol. The predicted molar refractivity (Wildman–Crippen MR) is 74.1 cm³/mol. The summed E-state index contributed by atoms with van der Waals surface area (Å²) in [6, 6.07) is 7.98. The molecule has 0 radical (unpaired) electrons. The van der Waals surface area contributed by atoms with Crippen LogP contribution >= 0.6 is 0 Å². The predicted octanol–water partition coefficient (Wildman–Crippen LogP) is 2.87. The molecule has 2 aromatic rings. The number of carboxylic acid groups (broad SMARTS) is 1. The van der Waals surface area contributed by atoms with Crippen molar-refractivity contribution in [1.82, 2.24) is 0 Å². The van der Waals surface area contributed by atoms with E-state index in [1.807, 2.05) is 0 Å². The van der Waals surface area contributed by atoms with Crippen LogP contribution < -0.4 is 10.6 Å². The standard InChI is InChI=1S/C14H11FN2O4/c15-9-2-1-3-10(7-9)16-14(21)17-11-6-8(13(19)20)4-5-12(11)18/h1-7,18H,(H,19,20)(H2,16,17,21). The molecule has 2 amide bonds. The molecule has 6 nitrogen and oxygen atoms in total. The second-order valence-corrected chi connectivity index (χ2v) is 4.13. The van der Waals surface area contributed by atoms with Gasteiger partial charge >= 0.3 is 12.0 Å². The molecule has 0 aliphatic carbocycles. The molecule has 0 saturated carbocycles. The Bertz CT molecular complexity index is 703. The van der Waals surface area contributed by atoms with Gasteiger partial charge in [-0.25, -0.2) is 14.0 Å². The number of nitrogens with one attached hydrogen (secondary N) is 2. The Morgan fingerprint density at radius 3 is 2.48 bits per heavy atom. The van der Waals surface area contributed by atoms with Crippen molar-refractivity contribution < 1.29 is 24.2 Å². The molecule has 0 unspecified atom stereocenters. The number of carboxylic acids is 1. The molecule has 7 heteroatoms. The molecule has 0 aliphatic rings. The number of benzene rings is 2. The van der Waals surface area contributed by atoms with Gasteiger partial charge in [0.2, 0.25) is 0 Å². The number of rotatable bonds is 3. The maximum atomic E-state index is 13.0. The Morgan fingerprint density at radius 1 is 1.05 bits per heavy atom. The van der Waals surface area contributed by atoms with Crippen LogP contribution in [0.2, 0.25) is 0 Å². The largest absolute Gasteiger partial charge is 0.506 e. The van der Waals surface area contributed by atoms with Gasteiger partial charge in [-0.2, -0.15) is 0 Å². The highest BCUT2D eigenvalue weighted by atomic mass is 19.1. The molecule has 2 rings (SSSR count). The summed E-state index contributed by atoms with van der Waals surface area (Å²) in [5.74, 6) is -1.98. The number of hydrogen-bond donors (Lipinski definition) is 4. The van der Waals surface area contributed by atoms with Crippen molar-refractivity contribution >= 4 is 23.4 Å². The van der Waals surface area contributed by atoms with Crippen molar-refractivity contribution in [1.29, 1.82) is 0 Å². The lowest BCUT2D eigenvalue weighted by Gasteiger charge is -2.09. The van der Waals surface area contributed by atoms with E-state index < -0.39 is 17.8 Å². The van der Waals surface area contributed by atoms with Crippen LogP contribution in [0.3, 0.4) is 0 Å². The minimum Gasteiger partial charge on any atom is -0.506 e. The fourth-order valence-electron chi connectivity index (χ4n) is 1.62. The zero-order chi connectivity index (χ0) is 15.4. The summed E-state index contributed by atoms with van der Waals surface area (Å²) < 4.78 is 13.0. The van der Waals surface area contributed by atoms with E-state index in [4.69, 9.17) is 5.11 Å². The quantitative estimate of drug-likeness (QED) is 0.653. The number of hydrogen-bond acceptors (Lipinski definition) is 3. The summed E-state index contributed by atoms with van der Waals surface area (Å²) in [4.78, 5) is 22.6. The van der Waals surface area contributed by atoms with Gasteiger partial charge in [0.15, 0.2) is 0 Å². The zero-order valence-electron chi connectivity index (χ0n) is 10.6. The number of urea groups is 1. The van der Waals surface area contributed by atoms with Crippen LogP contribution in [0.15, 0.2) is 42.5 Å². The first-order valence-electron chi connectivity index (χ1n) is 5.85. The smallest absolute Gasteiger partial charge is 0.335 e. The third-order valence-electron chi connectivity index (χ3n) is 2.57. The number of halogens is 1. The van der Waals surface area contributed by atoms with Crippen LogP contribution in [-0.4, -0.2) is 22.2 Å². The first kappa shape index (κ1) is 14.3. The second kappa shape index (κ2) is 5.91. The van der Waals surface area contributed by atoms with Gasteiger partial charge in [-0.3, -0.25) is 0 Å². The molecule has 0 fully saturated rings. The molecule has 0 aliphatic heterocycles. The maximum Gasteiger partial charge on any atom is 0.335 e. The van der Waals surface area contributed by atoms with Gasteiger partial charge < -0.3 is 20.8 Å². The Kier molecular flexibility index (Phi) is 4.03. The summed E-state index contributed by atoms with van der Waals surface area (Å²) in [5.41, 5.74) is 0.0686. The first-order chi connectivity index (χ1) is 9.95. The molecule has 0 bridgehead atoms. The van der Waals surface area contributed by atoms with E-state index in [1.165, 1.54) is 24.3 Å². The van der Waals surface area contributed by atoms with Gasteiger partial charge in [0.05, 0.1) is 11.3 Å². The molecule has 0 aromatic heterocycles. The van der Waals surface area contributed by atoms with E-state index in [2.05, 4.69) is 10.6 Å². The molecule has 0 heterocycles. The summed E-state index contributed by atoms with van der Waals surface area (Å²) in [5, 5.41) is 23.1. The summed E-state index contributed by atoms with van der Waals surface area (Å²) >= 11 is 0. The number of carbonyl (C=O) groups excluding carboxylic acids is 1. The van der Waals surface area contributed by atoms with Gasteiger partial charge in [0, 0.05) is 5.69 Å². The van der Waals surface area contributed by atoms with E-state index in [9.17, 15) is 19.1 Å². The van der Waals surface area contributed by atoms with Crippen LogP contribution in [0.1, 0.15) is 10.4 Å². The van der Waals surface area contributed by atoms with E-state index in [0.29, 0.717) is 0 Å². The molecule has 4 N–H and O–H groups in total. The van der Waals surface area contributed by atoms with E-state index in [0.717, 1.165) is 18.2 Å². The molecule has 21 heavy (non-hydrogen) atoms. The third-order valence-corrected chi connectivity index (χ3v) is 2.57. The fourth-order valence-corrected chi connectivity index (χ4v) is 1.62. The van der Waals surface area contributed by atoms with Gasteiger partial charge in [-0.1, -0.05) is 6.07 Å². The van der Waals surface area contributed by atoms with Crippen LogP contribution in [0.25, 0.3) is 0 Å². The number of aromatic hydroxyl groups is 1. The Morgan fingerprint density at radius 2 is 1.81 bits per heavy atom. The molecule has 108 valence electrons. The summed E-state index contributed by atoms with van der Waals surface area (Å²) in [6.45, 7) is 0. The van der Waals surface area contributed by atoms with Crippen LogP contribution in [0.5, 0.6) is 5.75 Å². The lowest BCUT2D eigenvalue weighted by atomic mass is 10.2. The zero-order valence-corrected chi connectivity index (χ0v) is 10.6. The number of carbonyl (C=O) groups is 2. The Balaban J connectivity index is 2.12. The van der Waals surface area contributed by atoms with E-state index in [-0.39, 0.29) is 22.7 Å². The Hall–Kier alpha value is -3.09. The monoisotopic (exact) mass is 290 g/mol. The lowest BCUT2D eigenvalue weighted by molar-refractivity contribution is 0.0697. The van der Waals surface area contributed by atoms with E-state index in [1.54, 1.807) is 0 Å². The SMILES string of the molecule is O=C(Nc1cccc(F)c1)Nc1cc(C(=O)O)ccc1O. The molecular formula is C14H11FN2O4. The van der Waals surface area contributed by atoms with Gasteiger partial charge in [0.1, 0.15) is 11.6 Å². The lowest BCUT2D eigenvalue weighted by Crippen LogP contribution is -2.19. The van der Waals surface area contributed by atoms with Crippen molar-refractivity contribution in [3.05, 3.63) is 53.8 Å². The molecule has 2 aromatic carbocycles. The summed E-state index contributed by atoms with van der Waals surface area (Å²) in [7, 11) is 0. The van der Waals surface area contributed by atoms with Crippen molar-refractivity contribution in [2.75, 3.05) is 10.6 Å². The minimum atomic E-state index is -1.19. The summed E-state index contributed by atoms with van der Waals surface area (Å²) in [6.07, 6.45) is 0. The minimum absolute atomic E-state index is 0.0659. The number of aromatic carboxylic acids is 1. The number of phenols is 1. The van der Waals surface area contributed by atoms with Crippen LogP contribution in [-0.2, 0) is 0 Å². The third kappa shape index (κ3) is 3.69. The number of amides is 2. The first-order valence-corrected chi connectivity index (χ1v) is 5.85. The van der Waals surface area contributed by atoms with Gasteiger partial charge in [-0.05, 0) is 36.4 Å². The van der Waals surface area contributed by atoms with Crippen molar-refractivity contribution in [2.24, 2.45) is 0 Å². The van der Waals surface area contributed by atoms with Crippen LogP contribution in [0.4, 0.5) is 20.6 Å². The van der Waals surface area contributed by atoms with Crippen molar-refractivity contribution in [2.45, 2.75) is 0 Å². The number of anilines is 2. The highest BCUT2D eigenvalue weighted by molar-refractivity contribution is 6.01. The highest BCUT2D eigenvalue weighted by Gasteiger charge is 2.10. The van der Waals surface area contributed by atoms with Gasteiger partial charge in [-0.15, -0.1) is 0 Å². The van der Waals surface area contributed by atoms with Crippen molar-refractivity contribution in [3.8, 4) is 5.75 Å². The highest BCUT2D eigenvalue weighted by Crippen LogP contribution is 2.24. The topological polar surface area (TPSA) is 98.7 Å². The molecule has 0 spiro atoms. The average Bonchev–Trinajstić information content (AvgIpc) is 2.41. The fraction of sp³-hybridized carbons (Fsp3) is 0. The number of phenolic OH excluding ortho intramolecular Hbond substituents is 1. The molecular weight excluding hydrogens is 279 g/mol. The Labute approximate surface area is 118 Å².